The molecule has 2 fully saturated rings. The highest BCUT2D eigenvalue weighted by molar-refractivity contribution is 7.89. The second-order valence-electron chi connectivity index (χ2n) is 10.2. The van der Waals surface area contributed by atoms with Gasteiger partial charge >= 0.3 is 0 Å². The highest BCUT2D eigenvalue weighted by Gasteiger charge is 2.37. The third-order valence-electron chi connectivity index (χ3n) is 7.58. The summed E-state index contributed by atoms with van der Waals surface area (Å²) in [5, 5.41) is 0. The van der Waals surface area contributed by atoms with Crippen molar-refractivity contribution in [3.8, 4) is 5.75 Å². The lowest BCUT2D eigenvalue weighted by Crippen LogP contribution is -2.50. The Hall–Kier alpha value is -2.62. The van der Waals surface area contributed by atoms with Crippen molar-refractivity contribution in [2.45, 2.75) is 51.5 Å². The average molecular weight is 530 g/mol. The lowest BCUT2D eigenvalue weighted by Gasteiger charge is -2.36. The van der Waals surface area contributed by atoms with Crippen molar-refractivity contribution >= 4 is 21.6 Å². The van der Waals surface area contributed by atoms with Crippen molar-refractivity contribution in [3.63, 3.8) is 0 Å². The van der Waals surface area contributed by atoms with Crippen LogP contribution in [0, 0.1) is 27.7 Å². The molecule has 202 valence electrons. The number of anilines is 1. The Kier molecular flexibility index (Phi) is 8.46. The topological polar surface area (TPSA) is 79.4 Å². The number of carbonyl (C=O) groups is 1. The number of carbonyl (C=O) groups excluding carboxylic acids is 1. The standard InChI is InChI=1S/C28H39N3O5S/c1-20-8-9-24(15-21(20)2)29-11-13-30(14-12-29)27(32)19-36-18-25-7-6-10-31(25)37(33,34)28-22(3)16-26(35-5)17-23(28)4/h8-9,15-17,25H,6-7,10-14,18-19H2,1-5H3. The van der Waals surface area contributed by atoms with Gasteiger partial charge in [0.15, 0.2) is 0 Å². The summed E-state index contributed by atoms with van der Waals surface area (Å²) in [7, 11) is -2.12. The molecule has 2 aliphatic heterocycles. The van der Waals surface area contributed by atoms with Crippen LogP contribution in [0.3, 0.4) is 0 Å². The molecule has 2 aliphatic rings. The average Bonchev–Trinajstić information content (AvgIpc) is 3.34. The van der Waals surface area contributed by atoms with E-state index >= 15 is 0 Å². The van der Waals surface area contributed by atoms with Crippen LogP contribution in [0.25, 0.3) is 0 Å². The number of amides is 1. The fraction of sp³-hybridized carbons (Fsp3) is 0.536. The number of rotatable bonds is 8. The van der Waals surface area contributed by atoms with E-state index in [2.05, 4.69) is 36.9 Å². The second kappa shape index (κ2) is 11.4. The largest absolute Gasteiger partial charge is 0.497 e. The Morgan fingerprint density at radius 2 is 1.59 bits per heavy atom. The van der Waals surface area contributed by atoms with Crippen LogP contribution in [-0.4, -0.2) is 82.6 Å². The third-order valence-corrected chi connectivity index (χ3v) is 9.84. The summed E-state index contributed by atoms with van der Waals surface area (Å²) in [5.74, 6) is 0.595. The fourth-order valence-electron chi connectivity index (χ4n) is 5.35. The maximum Gasteiger partial charge on any atom is 0.248 e. The van der Waals surface area contributed by atoms with Gasteiger partial charge < -0.3 is 19.3 Å². The molecule has 4 rings (SSSR count). The van der Waals surface area contributed by atoms with Crippen LogP contribution in [0.4, 0.5) is 5.69 Å². The van der Waals surface area contributed by atoms with Gasteiger partial charge in [0.05, 0.1) is 18.6 Å². The molecule has 0 bridgehead atoms. The molecule has 2 heterocycles. The molecule has 1 unspecified atom stereocenters. The highest BCUT2D eigenvalue weighted by Crippen LogP contribution is 2.32. The molecule has 0 saturated carbocycles. The van der Waals surface area contributed by atoms with Crippen LogP contribution < -0.4 is 9.64 Å². The Morgan fingerprint density at radius 3 is 2.22 bits per heavy atom. The van der Waals surface area contributed by atoms with E-state index in [-0.39, 0.29) is 25.2 Å². The summed E-state index contributed by atoms with van der Waals surface area (Å²) in [5.41, 5.74) is 5.07. The molecule has 2 aromatic carbocycles. The number of piperazine rings is 1. The predicted molar refractivity (Wildman–Crippen MR) is 145 cm³/mol. The van der Waals surface area contributed by atoms with Crippen LogP contribution in [0.15, 0.2) is 35.2 Å². The molecule has 8 nitrogen and oxygen atoms in total. The number of nitrogens with zero attached hydrogens (tertiary/aromatic N) is 3. The summed E-state index contributed by atoms with van der Waals surface area (Å²) in [6.07, 6.45) is 1.49. The lowest BCUT2D eigenvalue weighted by atomic mass is 10.1. The predicted octanol–water partition coefficient (Wildman–Crippen LogP) is 3.45. The van der Waals surface area contributed by atoms with Crippen LogP contribution >= 0.6 is 0 Å². The van der Waals surface area contributed by atoms with E-state index in [0.717, 1.165) is 25.9 Å². The van der Waals surface area contributed by atoms with Gasteiger partial charge in [-0.3, -0.25) is 4.79 Å². The number of ether oxygens (including phenoxy) is 2. The Morgan fingerprint density at radius 1 is 0.919 bits per heavy atom. The molecule has 37 heavy (non-hydrogen) atoms. The first-order chi connectivity index (χ1) is 17.6. The molecule has 0 aliphatic carbocycles. The molecule has 0 aromatic heterocycles. The SMILES string of the molecule is COc1cc(C)c(S(=O)(=O)N2CCCC2COCC(=O)N2CCN(c3ccc(C)c(C)c3)CC2)c(C)c1. The zero-order valence-electron chi connectivity index (χ0n) is 22.6. The molecule has 2 saturated heterocycles. The van der Waals surface area contributed by atoms with Crippen LogP contribution in [-0.2, 0) is 19.6 Å². The first kappa shape index (κ1) is 27.4. The normalized spacial score (nSPS) is 18.9. The Bertz CT molecular complexity index is 1220. The number of sulfonamides is 1. The minimum absolute atomic E-state index is 0.0331. The van der Waals surface area contributed by atoms with E-state index in [1.165, 1.54) is 16.8 Å². The van der Waals surface area contributed by atoms with Gasteiger partial charge in [-0.1, -0.05) is 6.07 Å². The van der Waals surface area contributed by atoms with Crippen LogP contribution in [0.2, 0.25) is 0 Å². The summed E-state index contributed by atoms with van der Waals surface area (Å²) >= 11 is 0. The van der Waals surface area contributed by atoms with Gasteiger partial charge in [-0.25, -0.2) is 8.42 Å². The van der Waals surface area contributed by atoms with Gasteiger partial charge in [-0.05, 0) is 87.1 Å². The van der Waals surface area contributed by atoms with E-state index < -0.39 is 10.0 Å². The van der Waals surface area contributed by atoms with Crippen molar-refractivity contribution in [2.24, 2.45) is 0 Å². The Labute approximate surface area is 221 Å². The van der Waals surface area contributed by atoms with E-state index in [4.69, 9.17) is 9.47 Å². The first-order valence-electron chi connectivity index (χ1n) is 13.0. The second-order valence-corrected chi connectivity index (χ2v) is 12.0. The van der Waals surface area contributed by atoms with Crippen molar-refractivity contribution in [1.82, 2.24) is 9.21 Å². The summed E-state index contributed by atoms with van der Waals surface area (Å²) < 4.78 is 39.8. The number of aryl methyl sites for hydroxylation is 4. The minimum Gasteiger partial charge on any atom is -0.497 e. The monoisotopic (exact) mass is 529 g/mol. The van der Waals surface area contributed by atoms with Crippen molar-refractivity contribution in [2.75, 3.05) is 57.9 Å². The molecular weight excluding hydrogens is 490 g/mol. The van der Waals surface area contributed by atoms with E-state index in [0.29, 0.717) is 41.4 Å². The number of hydrogen-bond donors (Lipinski definition) is 0. The molecule has 0 radical (unpaired) electrons. The van der Waals surface area contributed by atoms with Gasteiger partial charge in [0.2, 0.25) is 15.9 Å². The molecule has 1 amide bonds. The molecular formula is C28H39N3O5S. The number of benzene rings is 2. The van der Waals surface area contributed by atoms with Crippen molar-refractivity contribution < 1.29 is 22.7 Å². The van der Waals surface area contributed by atoms with Crippen LogP contribution in [0.1, 0.15) is 35.1 Å². The Balaban J connectivity index is 1.30. The van der Waals surface area contributed by atoms with Crippen molar-refractivity contribution in [1.29, 1.82) is 0 Å². The zero-order valence-corrected chi connectivity index (χ0v) is 23.4. The van der Waals surface area contributed by atoms with Gasteiger partial charge in [-0.2, -0.15) is 4.31 Å². The molecule has 2 aromatic rings. The quantitative estimate of drug-likeness (QED) is 0.521. The van der Waals surface area contributed by atoms with Gasteiger partial charge in [-0.15, -0.1) is 0 Å². The van der Waals surface area contributed by atoms with Gasteiger partial charge in [0, 0.05) is 44.5 Å². The first-order valence-corrected chi connectivity index (χ1v) is 14.4. The number of hydrogen-bond acceptors (Lipinski definition) is 6. The highest BCUT2D eigenvalue weighted by atomic mass is 32.2. The molecule has 9 heteroatoms. The number of methoxy groups -OCH3 is 1. The van der Waals surface area contributed by atoms with E-state index in [1.807, 2.05) is 4.90 Å². The van der Waals surface area contributed by atoms with Gasteiger partial charge in [0.25, 0.3) is 0 Å². The lowest BCUT2D eigenvalue weighted by molar-refractivity contribution is -0.136. The maximum atomic E-state index is 13.6. The molecule has 0 spiro atoms. The van der Waals surface area contributed by atoms with Crippen molar-refractivity contribution in [3.05, 3.63) is 52.6 Å². The fourth-order valence-corrected chi connectivity index (χ4v) is 7.45. The smallest absolute Gasteiger partial charge is 0.248 e. The summed E-state index contributed by atoms with van der Waals surface area (Å²) in [6.45, 7) is 11.3. The van der Waals surface area contributed by atoms with E-state index in [9.17, 15) is 13.2 Å². The van der Waals surface area contributed by atoms with E-state index in [1.54, 1.807) is 37.4 Å². The third kappa shape index (κ3) is 5.94. The summed E-state index contributed by atoms with van der Waals surface area (Å²) in [6, 6.07) is 9.70. The van der Waals surface area contributed by atoms with Gasteiger partial charge in [0.1, 0.15) is 12.4 Å². The zero-order chi connectivity index (χ0) is 26.7. The summed E-state index contributed by atoms with van der Waals surface area (Å²) in [4.78, 5) is 17.3. The molecule has 1 atom stereocenters. The minimum atomic E-state index is -3.69. The van der Waals surface area contributed by atoms with Crippen LogP contribution in [0.5, 0.6) is 5.75 Å². The maximum absolute atomic E-state index is 13.6. The molecule has 0 N–H and O–H groups in total.